The molecular formula is C21H25N3O3. The Bertz CT molecular complexity index is 767. The second-order valence-electron chi connectivity index (χ2n) is 6.90. The van der Waals surface area contributed by atoms with E-state index in [9.17, 15) is 9.59 Å². The van der Waals surface area contributed by atoms with E-state index >= 15 is 0 Å². The zero-order valence-corrected chi connectivity index (χ0v) is 15.8. The molecule has 1 fully saturated rings. The molecule has 0 aliphatic carbocycles. The minimum absolute atomic E-state index is 0.00904. The topological polar surface area (TPSA) is 62.7 Å². The van der Waals surface area contributed by atoms with Gasteiger partial charge in [0, 0.05) is 44.1 Å². The number of hydrogen-bond acceptors (Lipinski definition) is 4. The Labute approximate surface area is 159 Å². The monoisotopic (exact) mass is 367 g/mol. The highest BCUT2D eigenvalue weighted by Crippen LogP contribution is 2.15. The highest BCUT2D eigenvalue weighted by atomic mass is 16.5. The summed E-state index contributed by atoms with van der Waals surface area (Å²) in [5, 5.41) is 0. The van der Waals surface area contributed by atoms with Gasteiger partial charge in [0.2, 0.25) is 5.91 Å². The van der Waals surface area contributed by atoms with Gasteiger partial charge in [0.15, 0.2) is 0 Å². The number of piperazine rings is 1. The molecule has 1 saturated heterocycles. The van der Waals surface area contributed by atoms with Crippen LogP contribution in [-0.2, 0) is 11.2 Å². The van der Waals surface area contributed by atoms with E-state index in [0.717, 1.165) is 11.3 Å². The molecule has 142 valence electrons. The summed E-state index contributed by atoms with van der Waals surface area (Å²) in [7, 11) is 0. The van der Waals surface area contributed by atoms with Crippen molar-refractivity contribution in [2.24, 2.45) is 0 Å². The van der Waals surface area contributed by atoms with E-state index in [0.29, 0.717) is 38.2 Å². The smallest absolute Gasteiger partial charge is 0.254 e. The maximum absolute atomic E-state index is 12.6. The van der Waals surface area contributed by atoms with Gasteiger partial charge in [-0.25, -0.2) is 0 Å². The van der Waals surface area contributed by atoms with Crippen molar-refractivity contribution in [2.75, 3.05) is 26.2 Å². The molecule has 2 aromatic rings. The van der Waals surface area contributed by atoms with Gasteiger partial charge in [-0.05, 0) is 43.7 Å². The van der Waals surface area contributed by atoms with Crippen LogP contribution in [0.2, 0.25) is 0 Å². The van der Waals surface area contributed by atoms with Crippen molar-refractivity contribution in [2.45, 2.75) is 26.4 Å². The summed E-state index contributed by atoms with van der Waals surface area (Å²) in [6.45, 7) is 6.18. The zero-order chi connectivity index (χ0) is 19.2. The second-order valence-corrected chi connectivity index (χ2v) is 6.90. The molecule has 3 rings (SSSR count). The van der Waals surface area contributed by atoms with Crippen molar-refractivity contribution in [3.63, 3.8) is 0 Å². The lowest BCUT2D eigenvalue weighted by Crippen LogP contribution is -2.51. The lowest BCUT2D eigenvalue weighted by Gasteiger charge is -2.35. The van der Waals surface area contributed by atoms with Gasteiger partial charge in [0.25, 0.3) is 5.91 Å². The fourth-order valence-electron chi connectivity index (χ4n) is 3.08. The van der Waals surface area contributed by atoms with Gasteiger partial charge < -0.3 is 14.5 Å². The average Bonchev–Trinajstić information content (AvgIpc) is 2.69. The summed E-state index contributed by atoms with van der Waals surface area (Å²) in [4.78, 5) is 32.6. The number of carbonyl (C=O) groups excluding carboxylic acids is 2. The van der Waals surface area contributed by atoms with Crippen LogP contribution in [0.25, 0.3) is 0 Å². The second kappa shape index (κ2) is 8.66. The Balaban J connectivity index is 1.50. The van der Waals surface area contributed by atoms with Crippen molar-refractivity contribution in [1.29, 1.82) is 0 Å². The van der Waals surface area contributed by atoms with Crippen LogP contribution in [0.3, 0.4) is 0 Å². The van der Waals surface area contributed by atoms with Gasteiger partial charge in [0.05, 0.1) is 12.5 Å². The molecule has 6 heteroatoms. The molecule has 0 unspecified atom stereocenters. The van der Waals surface area contributed by atoms with E-state index in [1.54, 1.807) is 29.4 Å². The number of benzene rings is 1. The fourth-order valence-corrected chi connectivity index (χ4v) is 3.08. The summed E-state index contributed by atoms with van der Waals surface area (Å²) in [5.74, 6) is 0.887. The van der Waals surface area contributed by atoms with Crippen LogP contribution in [0.15, 0.2) is 48.8 Å². The van der Waals surface area contributed by atoms with Crippen molar-refractivity contribution in [1.82, 2.24) is 14.8 Å². The minimum atomic E-state index is -0.00904. The van der Waals surface area contributed by atoms with E-state index in [1.807, 2.05) is 43.0 Å². The maximum atomic E-state index is 12.6. The third-order valence-electron chi connectivity index (χ3n) is 4.50. The molecule has 1 aliphatic heterocycles. The van der Waals surface area contributed by atoms with Gasteiger partial charge in [-0.3, -0.25) is 14.6 Å². The molecule has 1 aromatic heterocycles. The van der Waals surface area contributed by atoms with Crippen LogP contribution in [0.4, 0.5) is 0 Å². The van der Waals surface area contributed by atoms with E-state index in [-0.39, 0.29) is 17.9 Å². The fraction of sp³-hybridized carbons (Fsp3) is 0.381. The number of amides is 2. The van der Waals surface area contributed by atoms with E-state index in [1.165, 1.54) is 0 Å². The Kier molecular flexibility index (Phi) is 6.06. The third kappa shape index (κ3) is 5.06. The van der Waals surface area contributed by atoms with Gasteiger partial charge in [-0.15, -0.1) is 0 Å². The molecule has 0 atom stereocenters. The molecule has 0 N–H and O–H groups in total. The van der Waals surface area contributed by atoms with Crippen molar-refractivity contribution >= 4 is 11.8 Å². The zero-order valence-electron chi connectivity index (χ0n) is 15.8. The Morgan fingerprint density at radius 1 is 0.963 bits per heavy atom. The predicted octanol–water partition coefficient (Wildman–Crippen LogP) is 2.40. The molecule has 0 bridgehead atoms. The average molecular weight is 367 g/mol. The Morgan fingerprint density at radius 2 is 1.56 bits per heavy atom. The van der Waals surface area contributed by atoms with Gasteiger partial charge >= 0.3 is 0 Å². The minimum Gasteiger partial charge on any atom is -0.491 e. The highest BCUT2D eigenvalue weighted by molar-refractivity contribution is 5.94. The Morgan fingerprint density at radius 3 is 2.15 bits per heavy atom. The number of carbonyl (C=O) groups is 2. The lowest BCUT2D eigenvalue weighted by molar-refractivity contribution is -0.131. The van der Waals surface area contributed by atoms with E-state index in [4.69, 9.17) is 4.74 Å². The van der Waals surface area contributed by atoms with Gasteiger partial charge in [-0.1, -0.05) is 12.1 Å². The molecule has 6 nitrogen and oxygen atoms in total. The molecule has 0 radical (unpaired) electrons. The maximum Gasteiger partial charge on any atom is 0.254 e. The van der Waals surface area contributed by atoms with E-state index < -0.39 is 0 Å². The van der Waals surface area contributed by atoms with Crippen LogP contribution in [-0.4, -0.2) is 58.9 Å². The first-order chi connectivity index (χ1) is 13.0. The standard InChI is InChI=1S/C21H25N3O3/c1-16(2)27-19-5-3-17(4-6-19)15-20(25)23-11-13-24(14-12-23)21(26)18-7-9-22-10-8-18/h3-10,16H,11-15H2,1-2H3. The summed E-state index contributed by atoms with van der Waals surface area (Å²) < 4.78 is 5.62. The summed E-state index contributed by atoms with van der Waals surface area (Å²) in [5.41, 5.74) is 1.60. The van der Waals surface area contributed by atoms with Crippen molar-refractivity contribution < 1.29 is 14.3 Å². The normalized spacial score (nSPS) is 14.3. The van der Waals surface area contributed by atoms with Crippen LogP contribution in [0.1, 0.15) is 29.8 Å². The first-order valence-electron chi connectivity index (χ1n) is 9.25. The molecule has 2 heterocycles. The molecule has 0 saturated carbocycles. The van der Waals surface area contributed by atoms with Crippen LogP contribution < -0.4 is 4.74 Å². The van der Waals surface area contributed by atoms with Crippen LogP contribution in [0.5, 0.6) is 5.75 Å². The summed E-state index contributed by atoms with van der Waals surface area (Å²) >= 11 is 0. The van der Waals surface area contributed by atoms with E-state index in [2.05, 4.69) is 4.98 Å². The van der Waals surface area contributed by atoms with Gasteiger partial charge in [0.1, 0.15) is 5.75 Å². The van der Waals surface area contributed by atoms with Gasteiger partial charge in [-0.2, -0.15) is 0 Å². The first-order valence-corrected chi connectivity index (χ1v) is 9.25. The SMILES string of the molecule is CC(C)Oc1ccc(CC(=O)N2CCN(C(=O)c3ccncc3)CC2)cc1. The highest BCUT2D eigenvalue weighted by Gasteiger charge is 2.24. The van der Waals surface area contributed by atoms with Crippen LogP contribution in [0, 0.1) is 0 Å². The van der Waals surface area contributed by atoms with Crippen LogP contribution >= 0.6 is 0 Å². The number of pyridine rings is 1. The molecule has 27 heavy (non-hydrogen) atoms. The molecule has 0 spiro atoms. The predicted molar refractivity (Wildman–Crippen MR) is 103 cm³/mol. The quantitative estimate of drug-likeness (QED) is 0.814. The van der Waals surface area contributed by atoms with Crippen molar-refractivity contribution in [3.8, 4) is 5.75 Å². The molecular weight excluding hydrogens is 342 g/mol. The largest absolute Gasteiger partial charge is 0.491 e. The molecule has 2 amide bonds. The summed E-state index contributed by atoms with van der Waals surface area (Å²) in [6, 6.07) is 11.1. The molecule has 1 aromatic carbocycles. The first kappa shape index (κ1) is 18.9. The molecule has 1 aliphatic rings. The Hall–Kier alpha value is -2.89. The number of ether oxygens (including phenoxy) is 1. The number of aromatic nitrogens is 1. The third-order valence-corrected chi connectivity index (χ3v) is 4.50. The number of rotatable bonds is 5. The summed E-state index contributed by atoms with van der Waals surface area (Å²) in [6.07, 6.45) is 3.72. The van der Waals surface area contributed by atoms with Crippen molar-refractivity contribution in [3.05, 3.63) is 59.9 Å². The number of nitrogens with zero attached hydrogens (tertiary/aromatic N) is 3. The lowest BCUT2D eigenvalue weighted by atomic mass is 10.1. The number of hydrogen-bond donors (Lipinski definition) is 0.